The quantitative estimate of drug-likeness (QED) is 0.383. The van der Waals surface area contributed by atoms with Crippen molar-refractivity contribution in [3.63, 3.8) is 0 Å². The van der Waals surface area contributed by atoms with Gasteiger partial charge in [-0.3, -0.25) is 0 Å². The first kappa shape index (κ1) is 21.9. The number of hydrogen-bond acceptors (Lipinski definition) is 6. The number of ether oxygens (including phenoxy) is 4. The summed E-state index contributed by atoms with van der Waals surface area (Å²) in [6, 6.07) is 11.2. The van der Waals surface area contributed by atoms with Gasteiger partial charge in [-0.1, -0.05) is 36.4 Å². The van der Waals surface area contributed by atoms with Crippen molar-refractivity contribution in [1.82, 2.24) is 0 Å². The molecule has 0 bridgehead atoms. The van der Waals surface area contributed by atoms with Gasteiger partial charge in [0.15, 0.2) is 0 Å². The van der Waals surface area contributed by atoms with Gasteiger partial charge in [-0.2, -0.15) is 0 Å². The summed E-state index contributed by atoms with van der Waals surface area (Å²) in [5.41, 5.74) is 0. The third kappa shape index (κ3) is 6.98. The van der Waals surface area contributed by atoms with E-state index >= 15 is 0 Å². The summed E-state index contributed by atoms with van der Waals surface area (Å²) in [4.78, 5) is 0. The van der Waals surface area contributed by atoms with Crippen molar-refractivity contribution in [1.29, 1.82) is 0 Å². The molecule has 0 aliphatic rings. The number of aliphatic hydroxyl groups excluding tert-OH is 2. The van der Waals surface area contributed by atoms with Crippen molar-refractivity contribution in [2.45, 2.75) is 12.2 Å². The third-order valence-electron chi connectivity index (χ3n) is 3.80. The van der Waals surface area contributed by atoms with Gasteiger partial charge in [0.1, 0.15) is 36.9 Å². The van der Waals surface area contributed by atoms with Gasteiger partial charge in [-0.25, -0.2) is 0 Å². The van der Waals surface area contributed by atoms with E-state index in [9.17, 15) is 10.2 Å². The largest absolute Gasteiger partial charge is 0.490 e. The van der Waals surface area contributed by atoms with Crippen LogP contribution in [-0.2, 0) is 9.47 Å². The molecule has 0 spiro atoms. The predicted octanol–water partition coefficient (Wildman–Crippen LogP) is 2.72. The summed E-state index contributed by atoms with van der Waals surface area (Å²) in [5.74, 6) is 1.28. The van der Waals surface area contributed by atoms with Crippen LogP contribution in [0.15, 0.2) is 61.7 Å². The SMILES string of the molecule is C=CCOCC(O)COc1cccc2c(OCC(O)COCC=C)cccc12. The first-order valence-corrected chi connectivity index (χ1v) is 9.16. The molecule has 28 heavy (non-hydrogen) atoms. The second-order valence-corrected chi connectivity index (χ2v) is 6.19. The number of hydrogen-bond donors (Lipinski definition) is 2. The van der Waals surface area contributed by atoms with E-state index in [1.807, 2.05) is 36.4 Å². The van der Waals surface area contributed by atoms with E-state index in [1.165, 1.54) is 0 Å². The van der Waals surface area contributed by atoms with E-state index in [0.29, 0.717) is 24.7 Å². The number of fused-ring (bicyclic) bond motifs is 1. The van der Waals surface area contributed by atoms with Crippen LogP contribution in [0.4, 0.5) is 0 Å². The van der Waals surface area contributed by atoms with Gasteiger partial charge < -0.3 is 29.2 Å². The molecule has 2 rings (SSSR count). The van der Waals surface area contributed by atoms with Crippen LogP contribution in [0.5, 0.6) is 11.5 Å². The molecule has 2 aromatic carbocycles. The zero-order valence-corrected chi connectivity index (χ0v) is 16.0. The topological polar surface area (TPSA) is 77.4 Å². The summed E-state index contributed by atoms with van der Waals surface area (Å²) in [5, 5.41) is 21.6. The molecule has 0 fully saturated rings. The summed E-state index contributed by atoms with van der Waals surface area (Å²) in [6.07, 6.45) is 1.78. The molecular weight excluding hydrogens is 360 g/mol. The van der Waals surface area contributed by atoms with Gasteiger partial charge in [0, 0.05) is 10.8 Å². The zero-order valence-electron chi connectivity index (χ0n) is 16.0. The second-order valence-electron chi connectivity index (χ2n) is 6.19. The van der Waals surface area contributed by atoms with Crippen LogP contribution < -0.4 is 9.47 Å². The van der Waals surface area contributed by atoms with Crippen molar-refractivity contribution in [3.05, 3.63) is 61.7 Å². The van der Waals surface area contributed by atoms with Crippen molar-refractivity contribution in [2.75, 3.05) is 39.6 Å². The van der Waals surface area contributed by atoms with Crippen LogP contribution in [0, 0.1) is 0 Å². The molecule has 2 atom stereocenters. The highest BCUT2D eigenvalue weighted by Crippen LogP contribution is 2.32. The first-order valence-electron chi connectivity index (χ1n) is 9.16. The molecule has 0 saturated carbocycles. The van der Waals surface area contributed by atoms with Gasteiger partial charge in [0.2, 0.25) is 0 Å². The molecule has 0 heterocycles. The van der Waals surface area contributed by atoms with Crippen LogP contribution in [0.1, 0.15) is 0 Å². The van der Waals surface area contributed by atoms with Crippen molar-refractivity contribution in [2.24, 2.45) is 0 Å². The summed E-state index contributed by atoms with van der Waals surface area (Å²) in [7, 11) is 0. The van der Waals surface area contributed by atoms with E-state index in [-0.39, 0.29) is 26.4 Å². The molecule has 152 valence electrons. The second kappa shape index (κ2) is 12.2. The summed E-state index contributed by atoms with van der Waals surface area (Å²) in [6.45, 7) is 8.47. The number of benzene rings is 2. The van der Waals surface area contributed by atoms with E-state index in [4.69, 9.17) is 18.9 Å². The van der Waals surface area contributed by atoms with E-state index < -0.39 is 12.2 Å². The fraction of sp³-hybridized carbons (Fsp3) is 0.364. The maximum absolute atomic E-state index is 9.94. The number of rotatable bonds is 14. The Kier molecular flexibility index (Phi) is 9.51. The van der Waals surface area contributed by atoms with Gasteiger partial charge in [0.25, 0.3) is 0 Å². The molecule has 2 N–H and O–H groups in total. The maximum Gasteiger partial charge on any atom is 0.127 e. The molecule has 0 aliphatic carbocycles. The Hall–Kier alpha value is -2.38. The van der Waals surface area contributed by atoms with Crippen LogP contribution >= 0.6 is 0 Å². The Labute approximate surface area is 165 Å². The molecule has 6 nitrogen and oxygen atoms in total. The lowest BCUT2D eigenvalue weighted by atomic mass is 10.1. The van der Waals surface area contributed by atoms with Crippen molar-refractivity contribution in [3.8, 4) is 11.5 Å². The molecular formula is C22H28O6. The van der Waals surface area contributed by atoms with Crippen LogP contribution in [-0.4, -0.2) is 62.1 Å². The summed E-state index contributed by atoms with van der Waals surface area (Å²) < 4.78 is 22.0. The fourth-order valence-corrected chi connectivity index (χ4v) is 2.55. The molecule has 2 unspecified atom stereocenters. The van der Waals surface area contributed by atoms with Gasteiger partial charge in [-0.15, -0.1) is 13.2 Å². The van der Waals surface area contributed by atoms with Crippen molar-refractivity contribution >= 4 is 10.8 Å². The molecule has 0 aliphatic heterocycles. The summed E-state index contributed by atoms with van der Waals surface area (Å²) >= 11 is 0. The Morgan fingerprint density at radius 1 is 0.714 bits per heavy atom. The normalized spacial score (nSPS) is 13.1. The predicted molar refractivity (Wildman–Crippen MR) is 109 cm³/mol. The average Bonchev–Trinajstić information content (AvgIpc) is 2.71. The maximum atomic E-state index is 9.94. The highest BCUT2D eigenvalue weighted by Gasteiger charge is 2.11. The smallest absolute Gasteiger partial charge is 0.127 e. The molecule has 0 saturated heterocycles. The first-order chi connectivity index (χ1) is 13.7. The minimum absolute atomic E-state index is 0.112. The number of aliphatic hydroxyl groups is 2. The zero-order chi connectivity index (χ0) is 20.2. The highest BCUT2D eigenvalue weighted by atomic mass is 16.5. The van der Waals surface area contributed by atoms with Gasteiger partial charge in [0.05, 0.1) is 26.4 Å². The van der Waals surface area contributed by atoms with Crippen LogP contribution in [0.25, 0.3) is 10.8 Å². The standard InChI is InChI=1S/C22H28O6/c1-3-11-25-13-17(23)15-27-21-9-5-8-20-19(21)7-6-10-22(20)28-16-18(24)14-26-12-4-2/h3-10,17-18,23-24H,1-2,11-16H2. The Balaban J connectivity index is 1.99. The molecule has 0 radical (unpaired) electrons. The average molecular weight is 388 g/mol. The Bertz CT molecular complexity index is 682. The molecule has 0 aromatic heterocycles. The van der Waals surface area contributed by atoms with Gasteiger partial charge in [-0.05, 0) is 12.1 Å². The van der Waals surface area contributed by atoms with E-state index in [2.05, 4.69) is 13.2 Å². The lowest BCUT2D eigenvalue weighted by Crippen LogP contribution is -2.23. The monoisotopic (exact) mass is 388 g/mol. The lowest BCUT2D eigenvalue weighted by Gasteiger charge is -2.16. The minimum atomic E-state index is -0.736. The lowest BCUT2D eigenvalue weighted by molar-refractivity contribution is 0.0214. The minimum Gasteiger partial charge on any atom is -0.490 e. The fourth-order valence-electron chi connectivity index (χ4n) is 2.55. The molecule has 0 amide bonds. The van der Waals surface area contributed by atoms with Gasteiger partial charge >= 0.3 is 0 Å². The van der Waals surface area contributed by atoms with E-state index in [1.54, 1.807) is 12.2 Å². The van der Waals surface area contributed by atoms with Crippen molar-refractivity contribution < 1.29 is 29.2 Å². The van der Waals surface area contributed by atoms with Crippen LogP contribution in [0.2, 0.25) is 0 Å². The molecule has 6 heteroatoms. The Morgan fingerprint density at radius 2 is 1.14 bits per heavy atom. The van der Waals surface area contributed by atoms with Crippen LogP contribution in [0.3, 0.4) is 0 Å². The molecule has 2 aromatic rings. The highest BCUT2D eigenvalue weighted by molar-refractivity contribution is 5.93. The van der Waals surface area contributed by atoms with E-state index in [0.717, 1.165) is 10.8 Å². The third-order valence-corrected chi connectivity index (χ3v) is 3.80. The Morgan fingerprint density at radius 3 is 1.54 bits per heavy atom.